The predicted molar refractivity (Wildman–Crippen MR) is 92.8 cm³/mol. The molecule has 0 amide bonds. The minimum Gasteiger partial charge on any atom is -0.294 e. The molecule has 3 rings (SSSR count). The van der Waals surface area contributed by atoms with E-state index in [0.29, 0.717) is 16.5 Å². The molecule has 1 N–H and O–H groups in total. The summed E-state index contributed by atoms with van der Waals surface area (Å²) in [4.78, 5) is 13.4. The number of nitrogens with one attached hydrogen (secondary N) is 1. The average molecular weight is 349 g/mol. The van der Waals surface area contributed by atoms with E-state index in [1.807, 2.05) is 0 Å². The van der Waals surface area contributed by atoms with Gasteiger partial charge in [0.1, 0.15) is 5.00 Å². The number of anilines is 1. The van der Waals surface area contributed by atoms with Crippen molar-refractivity contribution < 1.29 is 13.2 Å². The van der Waals surface area contributed by atoms with E-state index in [4.69, 9.17) is 0 Å². The van der Waals surface area contributed by atoms with Crippen LogP contribution in [-0.2, 0) is 22.9 Å². The lowest BCUT2D eigenvalue weighted by Crippen LogP contribution is -2.15. The van der Waals surface area contributed by atoms with Crippen LogP contribution in [0, 0.1) is 5.92 Å². The van der Waals surface area contributed by atoms with Gasteiger partial charge in [-0.3, -0.25) is 9.52 Å². The van der Waals surface area contributed by atoms with E-state index in [2.05, 4.69) is 11.6 Å². The molecule has 6 heteroatoms. The Morgan fingerprint density at radius 3 is 2.61 bits per heavy atom. The van der Waals surface area contributed by atoms with Crippen molar-refractivity contribution in [1.82, 2.24) is 0 Å². The largest absolute Gasteiger partial charge is 0.294 e. The first-order chi connectivity index (χ1) is 10.9. The van der Waals surface area contributed by atoms with Crippen LogP contribution >= 0.6 is 11.3 Å². The molecule has 1 heterocycles. The van der Waals surface area contributed by atoms with E-state index >= 15 is 0 Å². The molecule has 1 aliphatic rings. The normalized spacial score (nSPS) is 17.6. The fourth-order valence-electron chi connectivity index (χ4n) is 2.98. The van der Waals surface area contributed by atoms with Gasteiger partial charge in [-0.15, -0.1) is 11.3 Å². The summed E-state index contributed by atoms with van der Waals surface area (Å²) in [7, 11) is -3.67. The molecule has 23 heavy (non-hydrogen) atoms. The highest BCUT2D eigenvalue weighted by molar-refractivity contribution is 7.93. The summed E-state index contributed by atoms with van der Waals surface area (Å²) in [5.74, 6) is 0.488. The molecule has 0 saturated carbocycles. The number of Topliss-reactive ketones (excluding diaryl/α,β-unsaturated/α-hetero) is 1. The Morgan fingerprint density at radius 1 is 1.26 bits per heavy atom. The Hall–Kier alpha value is -1.66. The molecule has 0 radical (unpaired) electrons. The lowest BCUT2D eigenvalue weighted by molar-refractivity contribution is 0.101. The summed E-state index contributed by atoms with van der Waals surface area (Å²) >= 11 is 1.40. The zero-order valence-corrected chi connectivity index (χ0v) is 14.8. The molecule has 0 saturated heterocycles. The van der Waals surface area contributed by atoms with E-state index in [9.17, 15) is 13.2 Å². The number of benzene rings is 1. The highest BCUT2D eigenvalue weighted by Gasteiger charge is 2.28. The van der Waals surface area contributed by atoms with Crippen LogP contribution in [0.3, 0.4) is 0 Å². The predicted octanol–water partition coefficient (Wildman–Crippen LogP) is 3.88. The zero-order valence-electron chi connectivity index (χ0n) is 13.1. The summed E-state index contributed by atoms with van der Waals surface area (Å²) in [5, 5.41) is 0.459. The van der Waals surface area contributed by atoms with Crippen LogP contribution in [0.4, 0.5) is 5.00 Å². The second-order valence-electron chi connectivity index (χ2n) is 6.03. The smallest absolute Gasteiger partial charge is 0.262 e. The maximum Gasteiger partial charge on any atom is 0.262 e. The molecule has 122 valence electrons. The number of rotatable bonds is 4. The third-order valence-electron chi connectivity index (χ3n) is 4.14. The van der Waals surface area contributed by atoms with E-state index in [1.54, 1.807) is 30.3 Å². The topological polar surface area (TPSA) is 63.2 Å². The number of carbonyl (C=O) groups is 1. The van der Waals surface area contributed by atoms with Crippen molar-refractivity contribution in [3.63, 3.8) is 0 Å². The molecule has 4 nitrogen and oxygen atoms in total. The van der Waals surface area contributed by atoms with Crippen molar-refractivity contribution in [2.75, 3.05) is 4.72 Å². The maximum absolute atomic E-state index is 12.5. The molecule has 1 unspecified atom stereocenters. The van der Waals surface area contributed by atoms with Gasteiger partial charge in [0.2, 0.25) is 0 Å². The van der Waals surface area contributed by atoms with Crippen molar-refractivity contribution in [1.29, 1.82) is 0 Å². The molecule has 0 bridgehead atoms. The van der Waals surface area contributed by atoms with Gasteiger partial charge in [0.15, 0.2) is 5.78 Å². The van der Waals surface area contributed by atoms with Gasteiger partial charge in [-0.25, -0.2) is 8.42 Å². The van der Waals surface area contributed by atoms with Crippen LogP contribution in [-0.4, -0.2) is 14.2 Å². The number of ketones is 1. The average Bonchev–Trinajstić information content (AvgIpc) is 2.84. The van der Waals surface area contributed by atoms with Crippen molar-refractivity contribution in [2.45, 2.75) is 38.0 Å². The lowest BCUT2D eigenvalue weighted by atomic mass is 9.88. The van der Waals surface area contributed by atoms with Crippen molar-refractivity contribution in [3.8, 4) is 0 Å². The van der Waals surface area contributed by atoms with Gasteiger partial charge in [0, 0.05) is 4.88 Å². The van der Waals surface area contributed by atoms with Gasteiger partial charge in [0.05, 0.1) is 10.5 Å². The molecular weight excluding hydrogens is 330 g/mol. The zero-order chi connectivity index (χ0) is 16.6. The summed E-state index contributed by atoms with van der Waals surface area (Å²) < 4.78 is 27.7. The Bertz CT molecular complexity index is 838. The van der Waals surface area contributed by atoms with Crippen molar-refractivity contribution >= 4 is 32.1 Å². The van der Waals surface area contributed by atoms with Crippen LogP contribution in [0.5, 0.6) is 0 Å². The van der Waals surface area contributed by atoms with Crippen LogP contribution in [0.1, 0.15) is 41.1 Å². The monoisotopic (exact) mass is 349 g/mol. The Morgan fingerprint density at radius 2 is 1.96 bits per heavy atom. The molecule has 1 aromatic carbocycles. The molecule has 1 atom stereocenters. The fourth-order valence-corrected chi connectivity index (χ4v) is 5.76. The highest BCUT2D eigenvalue weighted by Crippen LogP contribution is 2.40. The van der Waals surface area contributed by atoms with Gasteiger partial charge >= 0.3 is 0 Å². The number of fused-ring (bicyclic) bond motifs is 1. The molecule has 1 aromatic heterocycles. The quantitative estimate of drug-likeness (QED) is 0.852. The van der Waals surface area contributed by atoms with Crippen molar-refractivity contribution in [3.05, 3.63) is 46.3 Å². The summed E-state index contributed by atoms with van der Waals surface area (Å²) in [6.07, 6.45) is 2.79. The maximum atomic E-state index is 12.5. The number of sulfonamides is 1. The van der Waals surface area contributed by atoms with Crippen LogP contribution < -0.4 is 4.72 Å². The number of hydrogen-bond acceptors (Lipinski definition) is 4. The molecule has 0 fully saturated rings. The van der Waals surface area contributed by atoms with Gasteiger partial charge in [-0.2, -0.15) is 0 Å². The van der Waals surface area contributed by atoms with Gasteiger partial charge in [-0.05, 0) is 49.8 Å². The Kier molecular flexibility index (Phi) is 4.29. The standard InChI is InChI=1S/C17H19NO3S2/c1-11-8-9-14-15(10-11)22-17(16(14)12(2)19)18-23(20,21)13-6-4-3-5-7-13/h3-7,11,18H,8-10H2,1-2H3. The lowest BCUT2D eigenvalue weighted by Gasteiger charge is -2.18. The van der Waals surface area contributed by atoms with Crippen molar-refractivity contribution in [2.24, 2.45) is 5.92 Å². The first kappa shape index (κ1) is 16.2. The fraction of sp³-hybridized carbons (Fsp3) is 0.353. The van der Waals surface area contributed by atoms with Crippen LogP contribution in [0.2, 0.25) is 0 Å². The second kappa shape index (κ2) is 6.09. The van der Waals surface area contributed by atoms with Crippen LogP contribution in [0.15, 0.2) is 35.2 Å². The van der Waals surface area contributed by atoms with Gasteiger partial charge < -0.3 is 0 Å². The molecule has 0 aliphatic heterocycles. The first-order valence-electron chi connectivity index (χ1n) is 7.62. The minimum atomic E-state index is -3.67. The Balaban J connectivity index is 2.02. The highest BCUT2D eigenvalue weighted by atomic mass is 32.2. The van der Waals surface area contributed by atoms with Gasteiger partial charge in [0.25, 0.3) is 10.0 Å². The summed E-state index contributed by atoms with van der Waals surface area (Å²) in [6.45, 7) is 3.69. The molecule has 0 spiro atoms. The summed E-state index contributed by atoms with van der Waals surface area (Å²) in [6, 6.07) is 8.23. The van der Waals surface area contributed by atoms with E-state index in [0.717, 1.165) is 29.7 Å². The van der Waals surface area contributed by atoms with E-state index in [-0.39, 0.29) is 10.7 Å². The number of thiophene rings is 1. The molecule has 2 aromatic rings. The third kappa shape index (κ3) is 3.19. The van der Waals surface area contributed by atoms with E-state index in [1.165, 1.54) is 18.3 Å². The number of carbonyl (C=O) groups excluding carboxylic acids is 1. The van der Waals surface area contributed by atoms with Gasteiger partial charge in [-0.1, -0.05) is 25.1 Å². The van der Waals surface area contributed by atoms with Crippen LogP contribution in [0.25, 0.3) is 0 Å². The summed E-state index contributed by atoms with van der Waals surface area (Å²) in [5.41, 5.74) is 1.59. The third-order valence-corrected chi connectivity index (χ3v) is 6.81. The minimum absolute atomic E-state index is 0.0807. The molecule has 1 aliphatic carbocycles. The Labute approximate surface area is 140 Å². The molecular formula is C17H19NO3S2. The second-order valence-corrected chi connectivity index (χ2v) is 8.82. The number of hydrogen-bond donors (Lipinski definition) is 1. The van der Waals surface area contributed by atoms with E-state index < -0.39 is 10.0 Å². The SMILES string of the molecule is CC(=O)c1c(NS(=O)(=O)c2ccccc2)sc2c1CCC(C)C2. The first-order valence-corrected chi connectivity index (χ1v) is 9.92.